The molecular formula is C22H25FN4O2. The maximum atomic E-state index is 13.1. The average Bonchev–Trinajstić information content (AvgIpc) is 3.10. The van der Waals surface area contributed by atoms with Gasteiger partial charge in [-0.2, -0.15) is 0 Å². The zero-order chi connectivity index (χ0) is 20.2. The summed E-state index contributed by atoms with van der Waals surface area (Å²) >= 11 is 0. The molecule has 2 aromatic rings. The molecule has 0 aliphatic carbocycles. The summed E-state index contributed by atoms with van der Waals surface area (Å²) in [4.78, 5) is 30.7. The molecule has 152 valence electrons. The van der Waals surface area contributed by atoms with Gasteiger partial charge in [-0.15, -0.1) is 0 Å². The summed E-state index contributed by atoms with van der Waals surface area (Å²) in [7, 11) is 0. The van der Waals surface area contributed by atoms with Gasteiger partial charge >= 0.3 is 6.03 Å². The predicted octanol–water partition coefficient (Wildman–Crippen LogP) is 2.46. The Hall–Kier alpha value is -2.93. The molecule has 6 nitrogen and oxygen atoms in total. The fraction of sp³-hybridized carbons (Fsp3) is 0.364. The highest BCUT2D eigenvalue weighted by molar-refractivity contribution is 5.96. The molecule has 0 spiro atoms. The monoisotopic (exact) mass is 396 g/mol. The molecule has 2 aromatic carbocycles. The second-order valence-corrected chi connectivity index (χ2v) is 7.58. The van der Waals surface area contributed by atoms with Crippen molar-refractivity contribution in [1.82, 2.24) is 15.1 Å². The van der Waals surface area contributed by atoms with Crippen LogP contribution in [-0.2, 0) is 11.3 Å². The number of nitrogens with one attached hydrogen (secondary N) is 1. The SMILES string of the molecule is O=C(N[C@@H]1CC(=O)N(c2ccc(F)cc2)C1)N1CCN(Cc2ccccc2)CC1. The van der Waals surface area contributed by atoms with Gasteiger partial charge in [0.05, 0.1) is 6.04 Å². The number of piperazine rings is 1. The first kappa shape index (κ1) is 19.4. The zero-order valence-corrected chi connectivity index (χ0v) is 16.3. The zero-order valence-electron chi connectivity index (χ0n) is 16.3. The number of benzene rings is 2. The molecule has 7 heteroatoms. The van der Waals surface area contributed by atoms with E-state index in [4.69, 9.17) is 0 Å². The van der Waals surface area contributed by atoms with E-state index >= 15 is 0 Å². The van der Waals surface area contributed by atoms with Gasteiger partial charge in [0.2, 0.25) is 5.91 Å². The third-order valence-electron chi connectivity index (χ3n) is 5.50. The third-order valence-corrected chi connectivity index (χ3v) is 5.50. The van der Waals surface area contributed by atoms with Gasteiger partial charge < -0.3 is 15.1 Å². The number of hydrogen-bond acceptors (Lipinski definition) is 3. The van der Waals surface area contributed by atoms with Crippen molar-refractivity contribution < 1.29 is 14.0 Å². The van der Waals surface area contributed by atoms with E-state index in [1.807, 2.05) is 23.1 Å². The third kappa shape index (κ3) is 4.74. The highest BCUT2D eigenvalue weighted by atomic mass is 19.1. The van der Waals surface area contributed by atoms with E-state index in [0.29, 0.717) is 25.3 Å². The second-order valence-electron chi connectivity index (χ2n) is 7.58. The number of hydrogen-bond donors (Lipinski definition) is 1. The first-order valence-corrected chi connectivity index (χ1v) is 9.96. The van der Waals surface area contributed by atoms with E-state index < -0.39 is 0 Å². The van der Waals surface area contributed by atoms with Crippen molar-refractivity contribution in [2.24, 2.45) is 0 Å². The minimum absolute atomic E-state index is 0.0606. The smallest absolute Gasteiger partial charge is 0.317 e. The number of urea groups is 1. The van der Waals surface area contributed by atoms with E-state index in [0.717, 1.165) is 19.6 Å². The van der Waals surface area contributed by atoms with Crippen molar-refractivity contribution in [3.05, 3.63) is 66.0 Å². The number of nitrogens with zero attached hydrogens (tertiary/aromatic N) is 3. The van der Waals surface area contributed by atoms with Gasteiger partial charge in [0.25, 0.3) is 0 Å². The Kier molecular flexibility index (Phi) is 5.76. The van der Waals surface area contributed by atoms with Crippen molar-refractivity contribution in [2.75, 3.05) is 37.6 Å². The van der Waals surface area contributed by atoms with Crippen LogP contribution in [0.2, 0.25) is 0 Å². The van der Waals surface area contributed by atoms with E-state index in [2.05, 4.69) is 22.3 Å². The Bertz CT molecular complexity index is 851. The van der Waals surface area contributed by atoms with Gasteiger partial charge in [0.1, 0.15) is 5.82 Å². The van der Waals surface area contributed by atoms with Crippen LogP contribution in [0.15, 0.2) is 54.6 Å². The van der Waals surface area contributed by atoms with E-state index in [1.54, 1.807) is 17.0 Å². The fourth-order valence-corrected chi connectivity index (χ4v) is 3.89. The number of carbonyl (C=O) groups excluding carboxylic acids is 2. The summed E-state index contributed by atoms with van der Waals surface area (Å²) in [5, 5.41) is 2.99. The van der Waals surface area contributed by atoms with Crippen molar-refractivity contribution in [2.45, 2.75) is 19.0 Å². The van der Waals surface area contributed by atoms with E-state index in [9.17, 15) is 14.0 Å². The maximum Gasteiger partial charge on any atom is 0.317 e. The van der Waals surface area contributed by atoms with Crippen molar-refractivity contribution >= 4 is 17.6 Å². The molecule has 0 aromatic heterocycles. The lowest BCUT2D eigenvalue weighted by molar-refractivity contribution is -0.117. The molecule has 1 N–H and O–H groups in total. The molecule has 2 saturated heterocycles. The summed E-state index contributed by atoms with van der Waals surface area (Å²) in [5.74, 6) is -0.397. The molecule has 3 amide bonds. The number of anilines is 1. The lowest BCUT2D eigenvalue weighted by Crippen LogP contribution is -2.53. The topological polar surface area (TPSA) is 55.9 Å². The first-order valence-electron chi connectivity index (χ1n) is 9.96. The number of halogens is 1. The van der Waals surface area contributed by atoms with Crippen LogP contribution in [0.4, 0.5) is 14.9 Å². The van der Waals surface area contributed by atoms with Gasteiger partial charge in [-0.25, -0.2) is 9.18 Å². The van der Waals surface area contributed by atoms with E-state index in [1.165, 1.54) is 17.7 Å². The average molecular weight is 396 g/mol. The largest absolute Gasteiger partial charge is 0.333 e. The fourth-order valence-electron chi connectivity index (χ4n) is 3.89. The number of amides is 3. The van der Waals surface area contributed by atoms with E-state index in [-0.39, 0.29) is 30.2 Å². The molecule has 2 heterocycles. The highest BCUT2D eigenvalue weighted by Crippen LogP contribution is 2.22. The molecule has 2 aliphatic heterocycles. The van der Waals surface area contributed by atoms with Crippen molar-refractivity contribution in [1.29, 1.82) is 0 Å². The Morgan fingerprint density at radius 1 is 1.00 bits per heavy atom. The van der Waals surface area contributed by atoms with Crippen LogP contribution in [-0.4, -0.2) is 60.5 Å². The molecule has 2 aliphatic rings. The summed E-state index contributed by atoms with van der Waals surface area (Å²) in [6.45, 7) is 4.29. The van der Waals surface area contributed by atoms with Gasteiger partial charge in [-0.3, -0.25) is 9.69 Å². The Morgan fingerprint density at radius 3 is 2.38 bits per heavy atom. The standard InChI is InChI=1S/C22H25FN4O2/c23-18-6-8-20(9-7-18)27-16-19(14-21(27)28)24-22(29)26-12-10-25(11-13-26)15-17-4-2-1-3-5-17/h1-9,19H,10-16H2,(H,24,29)/t19-/m1/s1. The molecular weight excluding hydrogens is 371 g/mol. The summed E-state index contributed by atoms with van der Waals surface area (Å²) < 4.78 is 13.1. The number of rotatable bonds is 4. The Morgan fingerprint density at radius 2 is 1.69 bits per heavy atom. The lowest BCUT2D eigenvalue weighted by Gasteiger charge is -2.35. The quantitative estimate of drug-likeness (QED) is 0.864. The first-order chi connectivity index (χ1) is 14.1. The summed E-state index contributed by atoms with van der Waals surface area (Å²) in [5.41, 5.74) is 1.93. The minimum atomic E-state index is -0.336. The normalized spacial score (nSPS) is 20.2. The van der Waals surface area contributed by atoms with Crippen LogP contribution in [0.3, 0.4) is 0 Å². The molecule has 29 heavy (non-hydrogen) atoms. The van der Waals surface area contributed by atoms with Gasteiger partial charge in [0.15, 0.2) is 0 Å². The lowest BCUT2D eigenvalue weighted by atomic mass is 10.2. The van der Waals surface area contributed by atoms with Crippen LogP contribution in [0.1, 0.15) is 12.0 Å². The van der Waals surface area contributed by atoms with Crippen molar-refractivity contribution in [3.8, 4) is 0 Å². The molecule has 2 fully saturated rings. The number of carbonyl (C=O) groups is 2. The highest BCUT2D eigenvalue weighted by Gasteiger charge is 2.33. The predicted molar refractivity (Wildman–Crippen MR) is 109 cm³/mol. The van der Waals surface area contributed by atoms with Crippen molar-refractivity contribution in [3.63, 3.8) is 0 Å². The van der Waals surface area contributed by atoms with Crippen LogP contribution in [0.5, 0.6) is 0 Å². The molecule has 4 rings (SSSR count). The van der Waals surface area contributed by atoms with Gasteiger partial charge in [-0.1, -0.05) is 30.3 Å². The molecule has 1 atom stereocenters. The summed E-state index contributed by atoms with van der Waals surface area (Å²) in [6, 6.07) is 15.8. The van der Waals surface area contributed by atoms with Crippen LogP contribution in [0.25, 0.3) is 0 Å². The second kappa shape index (κ2) is 8.61. The minimum Gasteiger partial charge on any atom is -0.333 e. The molecule has 0 unspecified atom stereocenters. The molecule has 0 bridgehead atoms. The van der Waals surface area contributed by atoms with Crippen LogP contribution >= 0.6 is 0 Å². The van der Waals surface area contributed by atoms with Crippen LogP contribution in [0, 0.1) is 5.82 Å². The Labute approximate surface area is 169 Å². The Balaban J connectivity index is 1.26. The molecule has 0 saturated carbocycles. The molecule has 0 radical (unpaired) electrons. The van der Waals surface area contributed by atoms with Gasteiger partial charge in [0, 0.05) is 51.4 Å². The summed E-state index contributed by atoms with van der Waals surface area (Å²) in [6.07, 6.45) is 0.261. The van der Waals surface area contributed by atoms with Crippen LogP contribution < -0.4 is 10.2 Å². The van der Waals surface area contributed by atoms with Gasteiger partial charge in [-0.05, 0) is 29.8 Å². The maximum absolute atomic E-state index is 13.1.